The number of aliphatic hydroxyl groups excluding tert-OH is 1. The second-order valence-electron chi connectivity index (χ2n) is 4.18. The van der Waals surface area contributed by atoms with Crippen LogP contribution >= 0.6 is 0 Å². The van der Waals surface area contributed by atoms with Crippen LogP contribution in [0.15, 0.2) is 12.2 Å². The van der Waals surface area contributed by atoms with E-state index in [-0.39, 0.29) is 5.41 Å². The topological polar surface area (TPSA) is 49.7 Å². The Hall–Kier alpha value is -0.380. The van der Waals surface area contributed by atoms with Crippen molar-refractivity contribution in [1.29, 1.82) is 0 Å². The summed E-state index contributed by atoms with van der Waals surface area (Å²) in [5.41, 5.74) is 0.284. The predicted molar refractivity (Wildman–Crippen MR) is 47.8 cm³/mol. The van der Waals surface area contributed by atoms with Gasteiger partial charge in [-0.3, -0.25) is 5.26 Å². The normalized spacial score (nSPS) is 17.2. The summed E-state index contributed by atoms with van der Waals surface area (Å²) in [5.74, 6) is 0. The zero-order valence-electron chi connectivity index (χ0n) is 8.16. The van der Waals surface area contributed by atoms with Gasteiger partial charge in [0.25, 0.3) is 0 Å². The number of hydrogen-bond donors (Lipinski definition) is 2. The van der Waals surface area contributed by atoms with E-state index in [1.54, 1.807) is 6.92 Å². The zero-order valence-corrected chi connectivity index (χ0v) is 8.16. The first-order valence-corrected chi connectivity index (χ1v) is 3.94. The van der Waals surface area contributed by atoms with Crippen molar-refractivity contribution in [2.75, 3.05) is 0 Å². The van der Waals surface area contributed by atoms with Crippen LogP contribution in [0.5, 0.6) is 0 Å². The molecule has 0 saturated heterocycles. The van der Waals surface area contributed by atoms with Gasteiger partial charge in [-0.15, -0.1) is 0 Å². The lowest BCUT2D eigenvalue weighted by Crippen LogP contribution is -2.39. The Morgan fingerprint density at radius 3 is 1.92 bits per heavy atom. The van der Waals surface area contributed by atoms with Crippen molar-refractivity contribution >= 4 is 0 Å². The van der Waals surface area contributed by atoms with Gasteiger partial charge in [-0.05, 0) is 17.9 Å². The van der Waals surface area contributed by atoms with Gasteiger partial charge < -0.3 is 5.11 Å². The molecule has 0 bridgehead atoms. The van der Waals surface area contributed by atoms with Gasteiger partial charge in [0.15, 0.2) is 0 Å². The van der Waals surface area contributed by atoms with Crippen LogP contribution in [0.3, 0.4) is 0 Å². The smallest absolute Gasteiger partial charge is 0.139 e. The van der Waals surface area contributed by atoms with Gasteiger partial charge in [0.2, 0.25) is 0 Å². The van der Waals surface area contributed by atoms with Crippen LogP contribution in [0.25, 0.3) is 0 Å². The van der Waals surface area contributed by atoms with E-state index in [1.807, 2.05) is 20.8 Å². The summed E-state index contributed by atoms with van der Waals surface area (Å²) >= 11 is 0. The van der Waals surface area contributed by atoms with Crippen molar-refractivity contribution < 1.29 is 15.3 Å². The largest absolute Gasteiger partial charge is 0.389 e. The highest BCUT2D eigenvalue weighted by Gasteiger charge is 2.31. The standard InChI is InChI=1S/C9H18O3/c1-6(2)7(12-11)8(10)9(3,4)5/h7-8,10-11H,1H2,2-5H3/t7-,8+/m0/s1. The molecular weight excluding hydrogens is 156 g/mol. The van der Waals surface area contributed by atoms with Crippen LogP contribution in [0, 0.1) is 5.41 Å². The van der Waals surface area contributed by atoms with Gasteiger partial charge >= 0.3 is 0 Å². The summed E-state index contributed by atoms with van der Waals surface area (Å²) in [6, 6.07) is 0. The highest BCUT2D eigenvalue weighted by molar-refractivity contribution is 5.03. The molecule has 0 amide bonds. The molecule has 0 spiro atoms. The minimum absolute atomic E-state index is 0.327. The summed E-state index contributed by atoms with van der Waals surface area (Å²) in [5, 5.41) is 18.2. The molecule has 0 rings (SSSR count). The van der Waals surface area contributed by atoms with E-state index < -0.39 is 12.2 Å². The van der Waals surface area contributed by atoms with Gasteiger partial charge in [-0.1, -0.05) is 27.4 Å². The zero-order chi connectivity index (χ0) is 9.94. The van der Waals surface area contributed by atoms with Crippen molar-refractivity contribution in [3.8, 4) is 0 Å². The molecule has 72 valence electrons. The fraction of sp³-hybridized carbons (Fsp3) is 0.778. The lowest BCUT2D eigenvalue weighted by Gasteiger charge is -2.31. The molecule has 12 heavy (non-hydrogen) atoms. The van der Waals surface area contributed by atoms with E-state index in [9.17, 15) is 5.11 Å². The van der Waals surface area contributed by atoms with Crippen LogP contribution in [0.2, 0.25) is 0 Å². The molecule has 0 fully saturated rings. The predicted octanol–water partition coefficient (Wildman–Crippen LogP) is 1.83. The van der Waals surface area contributed by atoms with Crippen LogP contribution in [-0.2, 0) is 4.89 Å². The second-order valence-corrected chi connectivity index (χ2v) is 4.18. The Morgan fingerprint density at radius 1 is 1.42 bits per heavy atom. The molecule has 3 heteroatoms. The molecule has 0 heterocycles. The molecule has 0 aliphatic rings. The molecule has 0 aliphatic carbocycles. The number of rotatable bonds is 3. The Balaban J connectivity index is 4.42. The van der Waals surface area contributed by atoms with Gasteiger partial charge in [0.05, 0.1) is 6.10 Å². The van der Waals surface area contributed by atoms with E-state index in [4.69, 9.17) is 5.26 Å². The van der Waals surface area contributed by atoms with Gasteiger partial charge in [-0.2, -0.15) is 0 Å². The summed E-state index contributed by atoms with van der Waals surface area (Å²) in [7, 11) is 0. The van der Waals surface area contributed by atoms with E-state index in [1.165, 1.54) is 0 Å². The van der Waals surface area contributed by atoms with E-state index in [0.717, 1.165) is 0 Å². The maximum Gasteiger partial charge on any atom is 0.139 e. The van der Waals surface area contributed by atoms with Crippen molar-refractivity contribution in [2.45, 2.75) is 39.9 Å². The summed E-state index contributed by atoms with van der Waals surface area (Å²) < 4.78 is 0. The summed E-state index contributed by atoms with van der Waals surface area (Å²) in [6.45, 7) is 10.9. The van der Waals surface area contributed by atoms with Crippen LogP contribution < -0.4 is 0 Å². The molecule has 0 aromatic rings. The van der Waals surface area contributed by atoms with Crippen LogP contribution in [-0.4, -0.2) is 22.6 Å². The van der Waals surface area contributed by atoms with E-state index >= 15 is 0 Å². The van der Waals surface area contributed by atoms with Crippen molar-refractivity contribution in [3.63, 3.8) is 0 Å². The lowest BCUT2D eigenvalue weighted by molar-refractivity contribution is -0.293. The summed E-state index contributed by atoms with van der Waals surface area (Å²) in [6.07, 6.45) is -1.45. The molecule has 0 radical (unpaired) electrons. The molecule has 0 aromatic carbocycles. The number of aliphatic hydroxyl groups is 1. The van der Waals surface area contributed by atoms with Crippen LogP contribution in [0.1, 0.15) is 27.7 Å². The minimum atomic E-state index is -0.750. The van der Waals surface area contributed by atoms with Gasteiger partial charge in [0.1, 0.15) is 6.10 Å². The first-order chi connectivity index (χ1) is 5.30. The first-order valence-electron chi connectivity index (χ1n) is 3.94. The second kappa shape index (κ2) is 4.03. The van der Waals surface area contributed by atoms with E-state index in [0.29, 0.717) is 5.57 Å². The fourth-order valence-electron chi connectivity index (χ4n) is 0.871. The highest BCUT2D eigenvalue weighted by atomic mass is 17.1. The molecule has 0 saturated carbocycles. The molecule has 3 nitrogen and oxygen atoms in total. The fourth-order valence-corrected chi connectivity index (χ4v) is 0.871. The number of hydrogen-bond acceptors (Lipinski definition) is 3. The average molecular weight is 174 g/mol. The third kappa shape index (κ3) is 2.93. The quantitative estimate of drug-likeness (QED) is 0.390. The third-order valence-electron chi connectivity index (χ3n) is 1.77. The van der Waals surface area contributed by atoms with Crippen molar-refractivity contribution in [3.05, 3.63) is 12.2 Å². The highest BCUT2D eigenvalue weighted by Crippen LogP contribution is 2.25. The minimum Gasteiger partial charge on any atom is -0.389 e. The molecule has 0 aromatic heterocycles. The third-order valence-corrected chi connectivity index (χ3v) is 1.77. The average Bonchev–Trinajstić information content (AvgIpc) is 1.86. The van der Waals surface area contributed by atoms with Crippen molar-refractivity contribution in [1.82, 2.24) is 0 Å². The van der Waals surface area contributed by atoms with Gasteiger partial charge in [-0.25, -0.2) is 4.89 Å². The monoisotopic (exact) mass is 174 g/mol. The molecule has 2 atom stereocenters. The molecule has 0 unspecified atom stereocenters. The Kier molecular flexibility index (Phi) is 3.90. The van der Waals surface area contributed by atoms with Crippen molar-refractivity contribution in [2.24, 2.45) is 5.41 Å². The molecular formula is C9H18O3. The SMILES string of the molecule is C=C(C)[C@H](OO)[C@@H](O)C(C)(C)C. The van der Waals surface area contributed by atoms with Gasteiger partial charge in [0, 0.05) is 0 Å². The summed E-state index contributed by atoms with van der Waals surface area (Å²) in [4.78, 5) is 4.15. The Bertz CT molecular complexity index is 158. The lowest BCUT2D eigenvalue weighted by atomic mass is 9.84. The first kappa shape index (κ1) is 11.6. The van der Waals surface area contributed by atoms with Crippen LogP contribution in [0.4, 0.5) is 0 Å². The Labute approximate surface area is 73.6 Å². The maximum absolute atomic E-state index is 9.67. The Morgan fingerprint density at radius 2 is 1.83 bits per heavy atom. The maximum atomic E-state index is 9.67. The molecule has 2 N–H and O–H groups in total. The van der Waals surface area contributed by atoms with E-state index in [2.05, 4.69) is 11.5 Å². The molecule has 0 aliphatic heterocycles.